The second kappa shape index (κ2) is 7.59. The van der Waals surface area contributed by atoms with E-state index < -0.39 is 5.97 Å². The quantitative estimate of drug-likeness (QED) is 0.789. The van der Waals surface area contributed by atoms with Crippen LogP contribution in [0, 0.1) is 0 Å². The Kier molecular flexibility index (Phi) is 5.51. The fraction of sp³-hybridized carbons (Fsp3) is 0.375. The fourth-order valence-electron chi connectivity index (χ4n) is 2.28. The normalized spacial score (nSPS) is 18.0. The first-order chi connectivity index (χ1) is 10.1. The second-order valence-corrected chi connectivity index (χ2v) is 5.02. The average molecular weight is 289 g/mol. The van der Waals surface area contributed by atoms with Gasteiger partial charge in [-0.25, -0.2) is 4.79 Å². The SMILES string of the molecule is O=C(O)/C=C/c1cccc(NC(=O)CCC2CCCO2)c1. The highest BCUT2D eigenvalue weighted by molar-refractivity contribution is 5.91. The van der Waals surface area contributed by atoms with Crippen molar-refractivity contribution in [1.82, 2.24) is 0 Å². The number of carbonyl (C=O) groups excluding carboxylic acids is 1. The van der Waals surface area contributed by atoms with E-state index in [9.17, 15) is 9.59 Å². The van der Waals surface area contributed by atoms with Crippen LogP contribution < -0.4 is 5.32 Å². The number of hydrogen-bond donors (Lipinski definition) is 2. The summed E-state index contributed by atoms with van der Waals surface area (Å²) in [6.45, 7) is 0.796. The van der Waals surface area contributed by atoms with Crippen LogP contribution in [0.3, 0.4) is 0 Å². The molecule has 1 aromatic rings. The minimum atomic E-state index is -0.999. The van der Waals surface area contributed by atoms with Crippen LogP contribution in [0.5, 0.6) is 0 Å². The number of carboxylic acid groups (broad SMARTS) is 1. The van der Waals surface area contributed by atoms with Crippen LogP contribution in [0.25, 0.3) is 6.08 Å². The molecule has 0 aliphatic carbocycles. The summed E-state index contributed by atoms with van der Waals surface area (Å²) in [5, 5.41) is 11.4. The van der Waals surface area contributed by atoms with E-state index in [1.807, 2.05) is 0 Å². The van der Waals surface area contributed by atoms with Crippen molar-refractivity contribution in [3.05, 3.63) is 35.9 Å². The first-order valence-electron chi connectivity index (χ1n) is 7.06. The molecule has 0 saturated carbocycles. The summed E-state index contributed by atoms with van der Waals surface area (Å²) in [5.41, 5.74) is 1.40. The molecule has 0 aromatic heterocycles. The Morgan fingerprint density at radius 2 is 2.29 bits per heavy atom. The van der Waals surface area contributed by atoms with Crippen molar-refractivity contribution in [3.63, 3.8) is 0 Å². The molecule has 1 atom stereocenters. The highest BCUT2D eigenvalue weighted by atomic mass is 16.5. The van der Waals surface area contributed by atoms with Gasteiger partial charge < -0.3 is 15.2 Å². The van der Waals surface area contributed by atoms with E-state index in [-0.39, 0.29) is 12.0 Å². The molecular formula is C16H19NO4. The number of amides is 1. The molecule has 1 aromatic carbocycles. The summed E-state index contributed by atoms with van der Waals surface area (Å²) >= 11 is 0. The standard InChI is InChI=1S/C16H19NO4/c18-15(8-7-14-5-2-10-21-14)17-13-4-1-3-12(11-13)6-9-16(19)20/h1,3-4,6,9,11,14H,2,5,7-8,10H2,(H,17,18)(H,19,20)/b9-6+. The zero-order chi connectivity index (χ0) is 15.1. The number of carboxylic acids is 1. The molecule has 21 heavy (non-hydrogen) atoms. The number of benzene rings is 1. The number of hydrogen-bond acceptors (Lipinski definition) is 3. The van der Waals surface area contributed by atoms with Crippen molar-refractivity contribution in [3.8, 4) is 0 Å². The maximum atomic E-state index is 11.9. The maximum absolute atomic E-state index is 11.9. The molecule has 2 N–H and O–H groups in total. The van der Waals surface area contributed by atoms with E-state index in [1.165, 1.54) is 6.08 Å². The van der Waals surface area contributed by atoms with E-state index in [0.717, 1.165) is 37.5 Å². The third-order valence-electron chi connectivity index (χ3n) is 3.31. The third kappa shape index (κ3) is 5.39. The maximum Gasteiger partial charge on any atom is 0.328 e. The molecule has 1 heterocycles. The molecule has 1 fully saturated rings. The van der Waals surface area contributed by atoms with Gasteiger partial charge in [-0.3, -0.25) is 4.79 Å². The zero-order valence-corrected chi connectivity index (χ0v) is 11.7. The van der Waals surface area contributed by atoms with Crippen LogP contribution >= 0.6 is 0 Å². The van der Waals surface area contributed by atoms with Crippen LogP contribution in [0.1, 0.15) is 31.2 Å². The summed E-state index contributed by atoms with van der Waals surface area (Å²) in [6, 6.07) is 7.07. The van der Waals surface area contributed by atoms with Gasteiger partial charge in [0, 0.05) is 24.8 Å². The Bertz CT molecular complexity index is 533. The van der Waals surface area contributed by atoms with E-state index in [1.54, 1.807) is 24.3 Å². The number of ether oxygens (including phenoxy) is 1. The summed E-state index contributed by atoms with van der Waals surface area (Å²) in [6.07, 6.45) is 6.04. The van der Waals surface area contributed by atoms with Gasteiger partial charge in [-0.05, 0) is 43.0 Å². The lowest BCUT2D eigenvalue weighted by Gasteiger charge is -2.09. The number of anilines is 1. The molecule has 1 aliphatic heterocycles. The van der Waals surface area contributed by atoms with E-state index in [4.69, 9.17) is 9.84 Å². The molecule has 1 saturated heterocycles. The Morgan fingerprint density at radius 1 is 1.43 bits per heavy atom. The lowest BCUT2D eigenvalue weighted by atomic mass is 10.1. The monoisotopic (exact) mass is 289 g/mol. The zero-order valence-electron chi connectivity index (χ0n) is 11.7. The van der Waals surface area contributed by atoms with Gasteiger partial charge in [-0.1, -0.05) is 12.1 Å². The lowest BCUT2D eigenvalue weighted by Crippen LogP contribution is -2.15. The van der Waals surface area contributed by atoms with Crippen LogP contribution in [0.2, 0.25) is 0 Å². The Morgan fingerprint density at radius 3 is 3.00 bits per heavy atom. The summed E-state index contributed by atoms with van der Waals surface area (Å²) in [7, 11) is 0. The molecule has 0 spiro atoms. The van der Waals surface area contributed by atoms with Crippen molar-refractivity contribution in [2.45, 2.75) is 31.8 Å². The van der Waals surface area contributed by atoms with Gasteiger partial charge in [0.05, 0.1) is 6.10 Å². The molecule has 1 amide bonds. The van der Waals surface area contributed by atoms with E-state index in [0.29, 0.717) is 12.1 Å². The molecule has 2 rings (SSSR count). The van der Waals surface area contributed by atoms with Crippen molar-refractivity contribution < 1.29 is 19.4 Å². The average Bonchev–Trinajstić information content (AvgIpc) is 2.97. The Labute approximate surface area is 123 Å². The first kappa shape index (κ1) is 15.3. The third-order valence-corrected chi connectivity index (χ3v) is 3.31. The number of rotatable bonds is 6. The first-order valence-corrected chi connectivity index (χ1v) is 7.06. The van der Waals surface area contributed by atoms with Crippen LogP contribution in [0.4, 0.5) is 5.69 Å². The number of nitrogens with one attached hydrogen (secondary N) is 1. The van der Waals surface area contributed by atoms with Gasteiger partial charge >= 0.3 is 5.97 Å². The summed E-state index contributed by atoms with van der Waals surface area (Å²) in [5.74, 6) is -1.05. The molecule has 1 aliphatic rings. The van der Waals surface area contributed by atoms with Gasteiger partial charge in [0.1, 0.15) is 0 Å². The minimum Gasteiger partial charge on any atom is -0.478 e. The van der Waals surface area contributed by atoms with Gasteiger partial charge in [0.15, 0.2) is 0 Å². The predicted molar refractivity (Wildman–Crippen MR) is 79.9 cm³/mol. The predicted octanol–water partition coefficient (Wildman–Crippen LogP) is 2.68. The van der Waals surface area contributed by atoms with Crippen LogP contribution in [0.15, 0.2) is 30.3 Å². The van der Waals surface area contributed by atoms with Crippen LogP contribution in [-0.4, -0.2) is 29.7 Å². The largest absolute Gasteiger partial charge is 0.478 e. The molecule has 5 nitrogen and oxygen atoms in total. The number of aliphatic carboxylic acids is 1. The minimum absolute atomic E-state index is 0.0511. The van der Waals surface area contributed by atoms with Crippen molar-refractivity contribution in [1.29, 1.82) is 0 Å². The van der Waals surface area contributed by atoms with Gasteiger partial charge in [-0.2, -0.15) is 0 Å². The highest BCUT2D eigenvalue weighted by Gasteiger charge is 2.16. The van der Waals surface area contributed by atoms with E-state index in [2.05, 4.69) is 5.32 Å². The van der Waals surface area contributed by atoms with Crippen molar-refractivity contribution in [2.24, 2.45) is 0 Å². The summed E-state index contributed by atoms with van der Waals surface area (Å²) < 4.78 is 5.48. The smallest absolute Gasteiger partial charge is 0.328 e. The summed E-state index contributed by atoms with van der Waals surface area (Å²) in [4.78, 5) is 22.3. The van der Waals surface area contributed by atoms with Gasteiger partial charge in [0.25, 0.3) is 0 Å². The molecule has 0 radical (unpaired) electrons. The van der Waals surface area contributed by atoms with Crippen molar-refractivity contribution >= 4 is 23.6 Å². The lowest BCUT2D eigenvalue weighted by molar-refractivity contribution is -0.131. The molecular weight excluding hydrogens is 270 g/mol. The van der Waals surface area contributed by atoms with E-state index >= 15 is 0 Å². The van der Waals surface area contributed by atoms with Gasteiger partial charge in [-0.15, -0.1) is 0 Å². The number of carbonyl (C=O) groups is 2. The molecule has 0 bridgehead atoms. The fourth-order valence-corrected chi connectivity index (χ4v) is 2.28. The molecule has 5 heteroatoms. The molecule has 112 valence electrons. The Hall–Kier alpha value is -2.14. The van der Waals surface area contributed by atoms with Crippen molar-refractivity contribution in [2.75, 3.05) is 11.9 Å². The Balaban J connectivity index is 1.85. The topological polar surface area (TPSA) is 75.6 Å². The molecule has 1 unspecified atom stereocenters. The highest BCUT2D eigenvalue weighted by Crippen LogP contribution is 2.18. The second-order valence-electron chi connectivity index (χ2n) is 5.02. The van der Waals surface area contributed by atoms with Gasteiger partial charge in [0.2, 0.25) is 5.91 Å². The van der Waals surface area contributed by atoms with Crippen LogP contribution in [-0.2, 0) is 14.3 Å².